The minimum atomic E-state index is -2.21. The topological polar surface area (TPSA) is 125 Å². The highest BCUT2D eigenvalue weighted by atomic mass is 31.2. The van der Waals surface area contributed by atoms with Gasteiger partial charge in [-0.1, -0.05) is 19.3 Å². The first-order chi connectivity index (χ1) is 9.99. The van der Waals surface area contributed by atoms with Crippen LogP contribution < -0.4 is 5.32 Å². The molecule has 0 bridgehead atoms. The number of alkyl carbamates (subject to hydrolysis) is 1. The summed E-state index contributed by atoms with van der Waals surface area (Å²) in [6.07, 6.45) is 2.65. The molecule has 1 saturated carbocycles. The molecule has 1 rings (SSSR count). The molecule has 21 heavy (non-hydrogen) atoms. The number of hydrogen-bond acceptors (Lipinski definition) is 7. The fourth-order valence-electron chi connectivity index (χ4n) is 2.10. The number of nitrogens with one attached hydrogen (secondary N) is 1. The van der Waals surface area contributed by atoms with Crippen molar-refractivity contribution in [2.45, 2.75) is 38.2 Å². The molecule has 0 aromatic rings. The minimum Gasteiger partial charge on any atom is -0.428 e. The van der Waals surface area contributed by atoms with E-state index in [-0.39, 0.29) is 24.6 Å². The van der Waals surface area contributed by atoms with E-state index >= 15 is 0 Å². The Hall–Kier alpha value is -0.950. The number of hydrogen-bond donors (Lipinski definition) is 4. The Labute approximate surface area is 124 Å². The third-order valence-corrected chi connectivity index (χ3v) is 3.93. The van der Waals surface area contributed by atoms with Gasteiger partial charge in [-0.2, -0.15) is 0 Å². The van der Waals surface area contributed by atoms with Crippen LogP contribution in [-0.4, -0.2) is 52.6 Å². The summed E-state index contributed by atoms with van der Waals surface area (Å²) in [5.74, 6) is -0.464. The second kappa shape index (κ2) is 9.89. The first kappa shape index (κ1) is 18.1. The molecule has 4 N–H and O–H groups in total. The molecular formula is C12H22NO7P. The maximum absolute atomic E-state index is 11.6. The third kappa shape index (κ3) is 8.16. The summed E-state index contributed by atoms with van der Waals surface area (Å²) in [6, 6.07) is 0. The van der Waals surface area contributed by atoms with Gasteiger partial charge >= 0.3 is 12.1 Å². The molecule has 1 atom stereocenters. The molecular weight excluding hydrogens is 301 g/mol. The highest BCUT2D eigenvalue weighted by Gasteiger charge is 2.22. The van der Waals surface area contributed by atoms with E-state index in [1.807, 2.05) is 0 Å². The van der Waals surface area contributed by atoms with Crippen LogP contribution in [-0.2, 0) is 14.3 Å². The van der Waals surface area contributed by atoms with Gasteiger partial charge in [0, 0.05) is 12.7 Å². The Kier molecular flexibility index (Phi) is 8.52. The maximum Gasteiger partial charge on any atom is 0.410 e. The van der Waals surface area contributed by atoms with Crippen molar-refractivity contribution in [3.63, 3.8) is 0 Å². The number of rotatable bonds is 7. The van der Waals surface area contributed by atoms with Crippen LogP contribution in [0.1, 0.15) is 32.1 Å². The molecule has 0 aromatic heterocycles. The lowest BCUT2D eigenvalue weighted by Gasteiger charge is -2.19. The predicted octanol–water partition coefficient (Wildman–Crippen LogP) is 0.451. The second-order valence-electron chi connectivity index (χ2n) is 4.94. The largest absolute Gasteiger partial charge is 0.428 e. The first-order valence-corrected chi connectivity index (χ1v) is 8.33. The van der Waals surface area contributed by atoms with Crippen molar-refractivity contribution in [3.8, 4) is 0 Å². The zero-order chi connectivity index (χ0) is 15.7. The van der Waals surface area contributed by atoms with Crippen molar-refractivity contribution in [1.29, 1.82) is 0 Å². The van der Waals surface area contributed by atoms with Gasteiger partial charge in [-0.25, -0.2) is 4.79 Å². The smallest absolute Gasteiger partial charge is 0.410 e. The van der Waals surface area contributed by atoms with Crippen LogP contribution in [0.2, 0.25) is 0 Å². The summed E-state index contributed by atoms with van der Waals surface area (Å²) in [6.45, 7) is -0.640. The molecule has 0 spiro atoms. The molecule has 1 fully saturated rings. The Morgan fingerprint density at radius 3 is 2.48 bits per heavy atom. The minimum absolute atomic E-state index is 0.111. The van der Waals surface area contributed by atoms with Crippen molar-refractivity contribution >= 4 is 20.4 Å². The molecule has 0 unspecified atom stereocenters. The SMILES string of the molecule is O=C(NC[C@H](O)CP(O)O)OCOC(=O)C1CCCCC1. The van der Waals surface area contributed by atoms with E-state index in [2.05, 4.69) is 10.1 Å². The van der Waals surface area contributed by atoms with Gasteiger partial charge < -0.3 is 29.7 Å². The average molecular weight is 323 g/mol. The van der Waals surface area contributed by atoms with Gasteiger partial charge in [0.1, 0.15) is 0 Å². The number of amides is 1. The zero-order valence-electron chi connectivity index (χ0n) is 11.7. The number of aliphatic hydroxyl groups is 1. The third-order valence-electron chi connectivity index (χ3n) is 3.19. The van der Waals surface area contributed by atoms with Gasteiger partial charge in [0.25, 0.3) is 0 Å². The molecule has 1 aliphatic carbocycles. The molecule has 8 nitrogen and oxygen atoms in total. The van der Waals surface area contributed by atoms with E-state index in [1.54, 1.807) is 0 Å². The van der Waals surface area contributed by atoms with Gasteiger partial charge in [0.15, 0.2) is 8.38 Å². The Morgan fingerprint density at radius 2 is 1.86 bits per heavy atom. The van der Waals surface area contributed by atoms with E-state index in [9.17, 15) is 14.7 Å². The van der Waals surface area contributed by atoms with Crippen molar-refractivity contribution in [2.24, 2.45) is 5.92 Å². The van der Waals surface area contributed by atoms with Crippen molar-refractivity contribution in [1.82, 2.24) is 5.32 Å². The summed E-state index contributed by atoms with van der Waals surface area (Å²) in [4.78, 5) is 40.2. The van der Waals surface area contributed by atoms with Gasteiger partial charge in [0.2, 0.25) is 6.79 Å². The van der Waals surface area contributed by atoms with E-state index in [0.29, 0.717) is 0 Å². The van der Waals surface area contributed by atoms with Gasteiger partial charge in [-0.15, -0.1) is 0 Å². The van der Waals surface area contributed by atoms with Gasteiger partial charge in [0.05, 0.1) is 12.0 Å². The Bertz CT molecular complexity index is 334. The van der Waals surface area contributed by atoms with Crippen LogP contribution >= 0.6 is 8.38 Å². The average Bonchev–Trinajstić information content (AvgIpc) is 2.45. The van der Waals surface area contributed by atoms with Gasteiger partial charge in [-0.3, -0.25) is 4.79 Å². The van der Waals surface area contributed by atoms with E-state index in [0.717, 1.165) is 32.1 Å². The molecule has 0 aliphatic heterocycles. The van der Waals surface area contributed by atoms with Crippen LogP contribution in [0.15, 0.2) is 0 Å². The first-order valence-electron chi connectivity index (χ1n) is 6.89. The summed E-state index contributed by atoms with van der Waals surface area (Å²) in [5.41, 5.74) is 0. The van der Waals surface area contributed by atoms with Crippen LogP contribution in [0.4, 0.5) is 4.79 Å². The summed E-state index contributed by atoms with van der Waals surface area (Å²) >= 11 is 0. The summed E-state index contributed by atoms with van der Waals surface area (Å²) in [7, 11) is -2.21. The number of carbonyl (C=O) groups is 2. The molecule has 0 saturated heterocycles. The van der Waals surface area contributed by atoms with Crippen molar-refractivity contribution in [3.05, 3.63) is 0 Å². The number of carbonyl (C=O) groups excluding carboxylic acids is 2. The molecule has 122 valence electrons. The second-order valence-corrected chi connectivity index (χ2v) is 6.05. The summed E-state index contributed by atoms with van der Waals surface area (Å²) in [5, 5.41) is 11.5. The van der Waals surface area contributed by atoms with Crippen molar-refractivity contribution < 1.29 is 34.0 Å². The molecule has 1 aliphatic rings. The highest BCUT2D eigenvalue weighted by molar-refractivity contribution is 7.45. The summed E-state index contributed by atoms with van der Waals surface area (Å²) < 4.78 is 9.50. The molecule has 0 radical (unpaired) electrons. The highest BCUT2D eigenvalue weighted by Crippen LogP contribution is 2.24. The lowest BCUT2D eigenvalue weighted by Crippen LogP contribution is -2.34. The Balaban J connectivity index is 2.08. The maximum atomic E-state index is 11.6. The van der Waals surface area contributed by atoms with E-state index in [4.69, 9.17) is 14.5 Å². The Morgan fingerprint density at radius 1 is 1.19 bits per heavy atom. The zero-order valence-corrected chi connectivity index (χ0v) is 12.6. The lowest BCUT2D eigenvalue weighted by molar-refractivity contribution is -0.158. The van der Waals surface area contributed by atoms with Crippen molar-refractivity contribution in [2.75, 3.05) is 19.5 Å². The fourth-order valence-corrected chi connectivity index (χ4v) is 2.61. The number of ether oxygens (including phenoxy) is 2. The predicted molar refractivity (Wildman–Crippen MR) is 74.2 cm³/mol. The van der Waals surface area contributed by atoms with E-state index < -0.39 is 27.4 Å². The molecule has 0 heterocycles. The number of esters is 1. The van der Waals surface area contributed by atoms with Crippen LogP contribution in [0.5, 0.6) is 0 Å². The normalized spacial score (nSPS) is 17.3. The van der Waals surface area contributed by atoms with Gasteiger partial charge in [-0.05, 0) is 12.8 Å². The molecule has 1 amide bonds. The standard InChI is InChI=1S/C12H22NO7P/c14-10(7-21(17)18)6-13-12(16)20-8-19-11(15)9-4-2-1-3-5-9/h9-10,14,17-18H,1-8H2,(H,13,16)/t10-/m0/s1. The lowest BCUT2D eigenvalue weighted by atomic mass is 9.89. The quantitative estimate of drug-likeness (QED) is 0.304. The van der Waals surface area contributed by atoms with Crippen LogP contribution in [0.25, 0.3) is 0 Å². The molecule has 9 heteroatoms. The van der Waals surface area contributed by atoms with Crippen LogP contribution in [0.3, 0.4) is 0 Å². The van der Waals surface area contributed by atoms with Crippen LogP contribution in [0, 0.1) is 5.92 Å². The number of aliphatic hydroxyl groups excluding tert-OH is 1. The monoisotopic (exact) mass is 323 g/mol. The fraction of sp³-hybridized carbons (Fsp3) is 0.833. The van der Waals surface area contributed by atoms with E-state index in [1.165, 1.54) is 0 Å². The molecule has 0 aromatic carbocycles.